The molecule has 0 N–H and O–H groups in total. The second kappa shape index (κ2) is 5.33. The minimum Gasteiger partial charge on any atom is -0.287 e. The standard InChI is InChI=1S/C20H21N/c1-20(2,3)21-14-19-17-11-7-6-10-16(17)12-13-18(19)15-8-4-5-9-15/h4-8,10-14H,9H2,1-3H3/b21-14+. The van der Waals surface area contributed by atoms with Gasteiger partial charge in [-0.1, -0.05) is 54.6 Å². The van der Waals surface area contributed by atoms with Gasteiger partial charge in [-0.2, -0.15) is 0 Å². The minimum absolute atomic E-state index is 0.0590. The van der Waals surface area contributed by atoms with E-state index >= 15 is 0 Å². The molecule has 106 valence electrons. The number of aliphatic imine (C=N–C) groups is 1. The molecule has 21 heavy (non-hydrogen) atoms. The molecule has 0 unspecified atom stereocenters. The molecule has 2 aromatic carbocycles. The van der Waals surface area contributed by atoms with Crippen LogP contribution in [0.4, 0.5) is 0 Å². The summed E-state index contributed by atoms with van der Waals surface area (Å²) in [5, 5.41) is 2.54. The van der Waals surface area contributed by atoms with E-state index in [1.807, 2.05) is 0 Å². The zero-order valence-corrected chi connectivity index (χ0v) is 12.9. The fraction of sp³-hybridized carbons (Fsp3) is 0.250. The first kappa shape index (κ1) is 13.8. The summed E-state index contributed by atoms with van der Waals surface area (Å²) in [5.74, 6) is 0. The molecule has 0 fully saturated rings. The highest BCUT2D eigenvalue weighted by Crippen LogP contribution is 2.30. The zero-order valence-electron chi connectivity index (χ0n) is 12.9. The Labute approximate surface area is 126 Å². The smallest absolute Gasteiger partial charge is 0.0524 e. The molecule has 0 aromatic heterocycles. The number of hydrogen-bond acceptors (Lipinski definition) is 1. The molecule has 1 nitrogen and oxygen atoms in total. The average Bonchev–Trinajstić information content (AvgIpc) is 2.97. The van der Waals surface area contributed by atoms with Crippen molar-refractivity contribution in [2.24, 2.45) is 4.99 Å². The van der Waals surface area contributed by atoms with E-state index in [0.29, 0.717) is 0 Å². The van der Waals surface area contributed by atoms with Gasteiger partial charge in [0.05, 0.1) is 5.54 Å². The van der Waals surface area contributed by atoms with Crippen LogP contribution >= 0.6 is 0 Å². The first-order valence-corrected chi connectivity index (χ1v) is 7.48. The molecule has 0 saturated heterocycles. The van der Waals surface area contributed by atoms with Crippen LogP contribution in [-0.2, 0) is 0 Å². The van der Waals surface area contributed by atoms with Crippen molar-refractivity contribution >= 4 is 22.6 Å². The number of benzene rings is 2. The number of fused-ring (bicyclic) bond motifs is 1. The normalized spacial score (nSPS) is 15.1. The van der Waals surface area contributed by atoms with Crippen LogP contribution < -0.4 is 0 Å². The minimum atomic E-state index is -0.0590. The summed E-state index contributed by atoms with van der Waals surface area (Å²) in [5.41, 5.74) is 3.84. The SMILES string of the molecule is CC(C)(C)/N=C/c1c(C2=CC=CC2)ccc2ccccc12. The van der Waals surface area contributed by atoms with E-state index in [4.69, 9.17) is 4.99 Å². The Morgan fingerprint density at radius 1 is 1.05 bits per heavy atom. The average molecular weight is 275 g/mol. The van der Waals surface area contributed by atoms with Crippen molar-refractivity contribution in [3.8, 4) is 0 Å². The van der Waals surface area contributed by atoms with Gasteiger partial charge in [-0.15, -0.1) is 0 Å². The summed E-state index contributed by atoms with van der Waals surface area (Å²) < 4.78 is 0. The number of nitrogens with zero attached hydrogens (tertiary/aromatic N) is 1. The summed E-state index contributed by atoms with van der Waals surface area (Å²) in [4.78, 5) is 4.74. The van der Waals surface area contributed by atoms with Crippen LogP contribution in [0.3, 0.4) is 0 Å². The molecule has 0 saturated carbocycles. The second-order valence-electron chi connectivity index (χ2n) is 6.50. The highest BCUT2D eigenvalue weighted by atomic mass is 14.8. The zero-order chi connectivity index (χ0) is 14.9. The van der Waals surface area contributed by atoms with E-state index in [1.54, 1.807) is 0 Å². The third kappa shape index (κ3) is 2.97. The maximum atomic E-state index is 4.74. The summed E-state index contributed by atoms with van der Waals surface area (Å²) in [7, 11) is 0. The van der Waals surface area contributed by atoms with E-state index in [1.165, 1.54) is 27.5 Å². The lowest BCUT2D eigenvalue weighted by molar-refractivity contribution is 0.587. The lowest BCUT2D eigenvalue weighted by atomic mass is 9.94. The molecule has 0 amide bonds. The molecule has 2 aromatic rings. The number of rotatable bonds is 2. The van der Waals surface area contributed by atoms with Gasteiger partial charge in [-0.25, -0.2) is 0 Å². The maximum absolute atomic E-state index is 4.74. The fourth-order valence-electron chi connectivity index (χ4n) is 2.62. The quantitative estimate of drug-likeness (QED) is 0.651. The lowest BCUT2D eigenvalue weighted by Gasteiger charge is -2.14. The van der Waals surface area contributed by atoms with Gasteiger partial charge in [-0.05, 0) is 49.1 Å². The predicted octanol–water partition coefficient (Wildman–Crippen LogP) is 5.40. The van der Waals surface area contributed by atoms with Crippen LogP contribution in [0.2, 0.25) is 0 Å². The van der Waals surface area contributed by atoms with Gasteiger partial charge in [0.25, 0.3) is 0 Å². The van der Waals surface area contributed by atoms with Gasteiger partial charge in [0.15, 0.2) is 0 Å². The maximum Gasteiger partial charge on any atom is 0.0524 e. The predicted molar refractivity (Wildman–Crippen MR) is 93.0 cm³/mol. The van der Waals surface area contributed by atoms with Crippen molar-refractivity contribution in [2.45, 2.75) is 32.7 Å². The molecule has 0 spiro atoms. The van der Waals surface area contributed by atoms with Crippen LogP contribution in [0.25, 0.3) is 16.3 Å². The van der Waals surface area contributed by atoms with E-state index in [-0.39, 0.29) is 5.54 Å². The lowest BCUT2D eigenvalue weighted by Crippen LogP contribution is -2.10. The van der Waals surface area contributed by atoms with Crippen molar-refractivity contribution in [1.82, 2.24) is 0 Å². The van der Waals surface area contributed by atoms with Crippen molar-refractivity contribution in [3.63, 3.8) is 0 Å². The molecule has 0 atom stereocenters. The van der Waals surface area contributed by atoms with Gasteiger partial charge in [0.2, 0.25) is 0 Å². The topological polar surface area (TPSA) is 12.4 Å². The largest absolute Gasteiger partial charge is 0.287 e. The molecule has 3 rings (SSSR count). The molecule has 0 bridgehead atoms. The van der Waals surface area contributed by atoms with Crippen molar-refractivity contribution < 1.29 is 0 Å². The molecule has 1 heteroatoms. The Morgan fingerprint density at radius 3 is 2.57 bits per heavy atom. The third-order valence-electron chi connectivity index (χ3n) is 3.67. The molecule has 0 heterocycles. The van der Waals surface area contributed by atoms with Gasteiger partial charge >= 0.3 is 0 Å². The molecule has 0 radical (unpaired) electrons. The first-order valence-electron chi connectivity index (χ1n) is 7.48. The third-order valence-corrected chi connectivity index (χ3v) is 3.67. The Kier molecular flexibility index (Phi) is 3.50. The van der Waals surface area contributed by atoms with Gasteiger partial charge in [0, 0.05) is 11.8 Å². The van der Waals surface area contributed by atoms with Crippen molar-refractivity contribution in [3.05, 3.63) is 65.8 Å². The molecule has 0 aliphatic heterocycles. The molecular weight excluding hydrogens is 254 g/mol. The van der Waals surface area contributed by atoms with E-state index in [9.17, 15) is 0 Å². The van der Waals surface area contributed by atoms with Crippen molar-refractivity contribution in [1.29, 1.82) is 0 Å². The van der Waals surface area contributed by atoms with Crippen LogP contribution in [-0.4, -0.2) is 11.8 Å². The van der Waals surface area contributed by atoms with Gasteiger partial charge in [0.1, 0.15) is 0 Å². The Hall–Kier alpha value is -2.15. The van der Waals surface area contributed by atoms with Crippen molar-refractivity contribution in [2.75, 3.05) is 0 Å². The van der Waals surface area contributed by atoms with E-state index < -0.39 is 0 Å². The summed E-state index contributed by atoms with van der Waals surface area (Å²) in [6, 6.07) is 13.0. The summed E-state index contributed by atoms with van der Waals surface area (Å²) in [6.07, 6.45) is 9.61. The Morgan fingerprint density at radius 2 is 1.86 bits per heavy atom. The first-order chi connectivity index (χ1) is 10.0. The van der Waals surface area contributed by atoms with Crippen LogP contribution in [0.1, 0.15) is 38.3 Å². The second-order valence-corrected chi connectivity index (χ2v) is 6.50. The van der Waals surface area contributed by atoms with E-state index in [2.05, 4.69) is 81.6 Å². The Bertz CT molecular complexity index is 755. The van der Waals surface area contributed by atoms with Crippen LogP contribution in [0.5, 0.6) is 0 Å². The summed E-state index contributed by atoms with van der Waals surface area (Å²) in [6.45, 7) is 6.39. The van der Waals surface area contributed by atoms with Crippen LogP contribution in [0, 0.1) is 0 Å². The number of hydrogen-bond donors (Lipinski definition) is 0. The molecule has 1 aliphatic rings. The highest BCUT2D eigenvalue weighted by Gasteiger charge is 2.12. The number of allylic oxidation sites excluding steroid dienone is 4. The van der Waals surface area contributed by atoms with Gasteiger partial charge in [-0.3, -0.25) is 4.99 Å². The fourth-order valence-corrected chi connectivity index (χ4v) is 2.62. The Balaban J connectivity index is 2.20. The monoisotopic (exact) mass is 275 g/mol. The molecular formula is C20H21N. The molecule has 1 aliphatic carbocycles. The highest BCUT2D eigenvalue weighted by molar-refractivity contribution is 6.04. The van der Waals surface area contributed by atoms with Gasteiger partial charge < -0.3 is 0 Å². The van der Waals surface area contributed by atoms with Crippen LogP contribution in [0.15, 0.2) is 59.6 Å². The van der Waals surface area contributed by atoms with E-state index in [0.717, 1.165) is 6.42 Å². The summed E-state index contributed by atoms with van der Waals surface area (Å²) >= 11 is 0.